The number of rotatable bonds is 2. The Kier molecular flexibility index (Phi) is 2.91. The molecule has 2 rings (SSSR count). The van der Waals surface area contributed by atoms with Crippen LogP contribution < -0.4 is 5.43 Å². The maximum atomic E-state index is 10.6. The molecule has 0 radical (unpaired) electrons. The second kappa shape index (κ2) is 4.53. The standard InChI is InChI=1S/C12H11N3O/c1-9(16)15-13-8-11-7-6-10-4-2-3-5-12(10)14-11/h2-8H,1H3,(H,15,16). The van der Waals surface area contributed by atoms with Crippen molar-refractivity contribution in [3.05, 3.63) is 42.1 Å². The molecular weight excluding hydrogens is 202 g/mol. The molecule has 1 heterocycles. The number of carbonyl (C=O) groups excluding carboxylic acids is 1. The van der Waals surface area contributed by atoms with E-state index in [1.54, 1.807) is 0 Å². The van der Waals surface area contributed by atoms with E-state index in [9.17, 15) is 4.79 Å². The van der Waals surface area contributed by atoms with Gasteiger partial charge in [0, 0.05) is 12.3 Å². The van der Waals surface area contributed by atoms with Crippen LogP contribution in [0.25, 0.3) is 10.9 Å². The van der Waals surface area contributed by atoms with E-state index in [0.29, 0.717) is 5.69 Å². The summed E-state index contributed by atoms with van der Waals surface area (Å²) < 4.78 is 0. The van der Waals surface area contributed by atoms with Crippen molar-refractivity contribution in [3.63, 3.8) is 0 Å². The molecule has 1 aromatic heterocycles. The van der Waals surface area contributed by atoms with Gasteiger partial charge in [-0.3, -0.25) is 4.79 Å². The average molecular weight is 213 g/mol. The molecule has 0 aliphatic rings. The molecular formula is C12H11N3O. The normalized spacial score (nSPS) is 10.8. The average Bonchev–Trinajstić information content (AvgIpc) is 2.28. The lowest BCUT2D eigenvalue weighted by atomic mass is 10.2. The molecule has 0 aliphatic heterocycles. The molecule has 0 spiro atoms. The Balaban J connectivity index is 2.26. The molecule has 0 unspecified atom stereocenters. The van der Waals surface area contributed by atoms with Crippen molar-refractivity contribution < 1.29 is 4.79 Å². The van der Waals surface area contributed by atoms with Crippen LogP contribution in [0.5, 0.6) is 0 Å². The number of fused-ring (bicyclic) bond motifs is 1. The summed E-state index contributed by atoms with van der Waals surface area (Å²) in [6.45, 7) is 1.41. The first-order valence-electron chi connectivity index (χ1n) is 4.91. The van der Waals surface area contributed by atoms with E-state index in [-0.39, 0.29) is 5.91 Å². The van der Waals surface area contributed by atoms with Gasteiger partial charge in [-0.1, -0.05) is 24.3 Å². The van der Waals surface area contributed by atoms with Gasteiger partial charge in [0.05, 0.1) is 17.4 Å². The number of hydrogen-bond acceptors (Lipinski definition) is 3. The van der Waals surface area contributed by atoms with Gasteiger partial charge in [-0.25, -0.2) is 10.4 Å². The third-order valence-electron chi connectivity index (χ3n) is 2.04. The SMILES string of the molecule is CC(=O)NN=Cc1ccc2ccccc2n1. The quantitative estimate of drug-likeness (QED) is 0.609. The maximum absolute atomic E-state index is 10.6. The molecule has 0 aliphatic carbocycles. The monoisotopic (exact) mass is 213 g/mol. The van der Waals surface area contributed by atoms with Gasteiger partial charge in [0.1, 0.15) is 0 Å². The van der Waals surface area contributed by atoms with Crippen molar-refractivity contribution in [1.29, 1.82) is 0 Å². The highest BCUT2D eigenvalue weighted by Gasteiger charge is 1.94. The molecule has 0 saturated carbocycles. The number of nitrogens with zero attached hydrogens (tertiary/aromatic N) is 2. The van der Waals surface area contributed by atoms with E-state index in [1.165, 1.54) is 13.1 Å². The van der Waals surface area contributed by atoms with Crippen LogP contribution in [0, 0.1) is 0 Å². The predicted molar refractivity (Wildman–Crippen MR) is 63.2 cm³/mol. The second-order valence-electron chi connectivity index (χ2n) is 3.36. The Morgan fingerprint density at radius 3 is 2.94 bits per heavy atom. The summed E-state index contributed by atoms with van der Waals surface area (Å²) in [5.74, 6) is -0.197. The summed E-state index contributed by atoms with van der Waals surface area (Å²) in [4.78, 5) is 15.0. The predicted octanol–water partition coefficient (Wildman–Crippen LogP) is 1.70. The Hall–Kier alpha value is -2.23. The van der Waals surface area contributed by atoms with Gasteiger partial charge in [-0.2, -0.15) is 5.10 Å². The summed E-state index contributed by atoms with van der Waals surface area (Å²) in [5, 5.41) is 4.84. The fraction of sp³-hybridized carbons (Fsp3) is 0.0833. The van der Waals surface area contributed by atoms with Gasteiger partial charge < -0.3 is 0 Å². The number of carbonyl (C=O) groups is 1. The van der Waals surface area contributed by atoms with Crippen molar-refractivity contribution in [2.24, 2.45) is 5.10 Å². The zero-order chi connectivity index (χ0) is 11.4. The highest BCUT2D eigenvalue weighted by Crippen LogP contribution is 2.10. The van der Waals surface area contributed by atoms with Gasteiger partial charge in [0.15, 0.2) is 0 Å². The van der Waals surface area contributed by atoms with Crippen LogP contribution in [0.2, 0.25) is 0 Å². The molecule has 0 atom stereocenters. The number of aromatic nitrogens is 1. The van der Waals surface area contributed by atoms with Crippen molar-refractivity contribution >= 4 is 23.0 Å². The smallest absolute Gasteiger partial charge is 0.236 e. The van der Waals surface area contributed by atoms with Crippen LogP contribution in [0.15, 0.2) is 41.5 Å². The molecule has 0 fully saturated rings. The van der Waals surface area contributed by atoms with Gasteiger partial charge in [0.2, 0.25) is 5.91 Å². The van der Waals surface area contributed by atoms with Crippen molar-refractivity contribution in [3.8, 4) is 0 Å². The maximum Gasteiger partial charge on any atom is 0.236 e. The fourth-order valence-electron chi connectivity index (χ4n) is 1.34. The van der Waals surface area contributed by atoms with Gasteiger partial charge in [0.25, 0.3) is 0 Å². The summed E-state index contributed by atoms with van der Waals surface area (Å²) in [6.07, 6.45) is 1.52. The summed E-state index contributed by atoms with van der Waals surface area (Å²) in [6, 6.07) is 11.7. The number of hydrogen-bond donors (Lipinski definition) is 1. The molecule has 1 amide bonds. The zero-order valence-corrected chi connectivity index (χ0v) is 8.84. The first-order chi connectivity index (χ1) is 7.75. The van der Waals surface area contributed by atoms with Crippen molar-refractivity contribution in [2.45, 2.75) is 6.92 Å². The van der Waals surface area contributed by atoms with Crippen LogP contribution in [-0.2, 0) is 4.79 Å². The first-order valence-corrected chi connectivity index (χ1v) is 4.91. The minimum absolute atomic E-state index is 0.197. The van der Waals surface area contributed by atoms with Crippen molar-refractivity contribution in [2.75, 3.05) is 0 Å². The fourth-order valence-corrected chi connectivity index (χ4v) is 1.34. The molecule has 80 valence electrons. The lowest BCUT2D eigenvalue weighted by Gasteiger charge is -1.97. The first kappa shape index (κ1) is 10.3. The van der Waals surface area contributed by atoms with Crippen LogP contribution in [0.1, 0.15) is 12.6 Å². The minimum atomic E-state index is -0.197. The summed E-state index contributed by atoms with van der Waals surface area (Å²) >= 11 is 0. The lowest BCUT2D eigenvalue weighted by molar-refractivity contribution is -0.118. The molecule has 1 N–H and O–H groups in total. The van der Waals surface area contributed by atoms with E-state index >= 15 is 0 Å². The van der Waals surface area contributed by atoms with Gasteiger partial charge in [-0.05, 0) is 12.1 Å². The Bertz CT molecular complexity index is 549. The molecule has 1 aromatic carbocycles. The third-order valence-corrected chi connectivity index (χ3v) is 2.04. The number of amides is 1. The summed E-state index contributed by atoms with van der Waals surface area (Å²) in [5.41, 5.74) is 3.96. The van der Waals surface area contributed by atoms with Gasteiger partial charge >= 0.3 is 0 Å². The number of benzene rings is 1. The Labute approximate surface area is 93.0 Å². The zero-order valence-electron chi connectivity index (χ0n) is 8.84. The topological polar surface area (TPSA) is 54.4 Å². The van der Waals surface area contributed by atoms with E-state index in [4.69, 9.17) is 0 Å². The van der Waals surface area contributed by atoms with Crippen LogP contribution in [0.3, 0.4) is 0 Å². The highest BCUT2D eigenvalue weighted by atomic mass is 16.2. The minimum Gasteiger partial charge on any atom is -0.274 e. The number of nitrogens with one attached hydrogen (secondary N) is 1. The van der Waals surface area contributed by atoms with Crippen LogP contribution >= 0.6 is 0 Å². The van der Waals surface area contributed by atoms with Gasteiger partial charge in [-0.15, -0.1) is 0 Å². The number of hydrazone groups is 1. The highest BCUT2D eigenvalue weighted by molar-refractivity contribution is 5.85. The van der Waals surface area contributed by atoms with Crippen molar-refractivity contribution in [1.82, 2.24) is 10.4 Å². The van der Waals surface area contributed by atoms with E-state index in [1.807, 2.05) is 36.4 Å². The molecule has 16 heavy (non-hydrogen) atoms. The third kappa shape index (κ3) is 2.42. The lowest BCUT2D eigenvalue weighted by Crippen LogP contribution is -2.12. The van der Waals surface area contributed by atoms with E-state index in [0.717, 1.165) is 10.9 Å². The molecule has 4 nitrogen and oxygen atoms in total. The molecule has 4 heteroatoms. The Morgan fingerprint density at radius 1 is 1.31 bits per heavy atom. The number of pyridine rings is 1. The van der Waals surface area contributed by atoms with E-state index in [2.05, 4.69) is 15.5 Å². The molecule has 0 bridgehead atoms. The second-order valence-corrected chi connectivity index (χ2v) is 3.36. The molecule has 0 saturated heterocycles. The van der Waals surface area contributed by atoms with Crippen LogP contribution in [0.4, 0.5) is 0 Å². The molecule has 2 aromatic rings. The van der Waals surface area contributed by atoms with Crippen LogP contribution in [-0.4, -0.2) is 17.1 Å². The largest absolute Gasteiger partial charge is 0.274 e. The summed E-state index contributed by atoms with van der Waals surface area (Å²) in [7, 11) is 0. The Morgan fingerprint density at radius 2 is 2.12 bits per heavy atom. The number of para-hydroxylation sites is 1. The van der Waals surface area contributed by atoms with E-state index < -0.39 is 0 Å².